The normalized spacial score (nSPS) is 22.8. The number of ether oxygens (including phenoxy) is 2. The number of methoxy groups -OCH3 is 1. The summed E-state index contributed by atoms with van der Waals surface area (Å²) in [6.07, 6.45) is 22.7. The van der Waals surface area contributed by atoms with Crippen molar-refractivity contribution in [2.75, 3.05) is 13.7 Å². The summed E-state index contributed by atoms with van der Waals surface area (Å²) in [4.78, 5) is 42.4. The van der Waals surface area contributed by atoms with Crippen LogP contribution < -0.4 is 5.32 Å². The van der Waals surface area contributed by atoms with Gasteiger partial charge in [-0.2, -0.15) is 0 Å². The molecule has 0 spiro atoms. The first-order chi connectivity index (χ1) is 30.6. The van der Waals surface area contributed by atoms with Gasteiger partial charge in [-0.1, -0.05) is 105 Å². The average molecular weight is 871 g/mol. The molecule has 0 amide bonds. The van der Waals surface area contributed by atoms with Gasteiger partial charge in [0.25, 0.3) is 0 Å². The van der Waals surface area contributed by atoms with Crippen LogP contribution in [0.1, 0.15) is 146 Å². The number of rotatable bonds is 20. The van der Waals surface area contributed by atoms with E-state index in [1.165, 1.54) is 57.6 Å². The Labute approximate surface area is 383 Å². The summed E-state index contributed by atoms with van der Waals surface area (Å²) in [7, 11) is 1.33. The summed E-state index contributed by atoms with van der Waals surface area (Å²) in [5.74, 6) is -0.0182. The van der Waals surface area contributed by atoms with Crippen molar-refractivity contribution < 1.29 is 24.2 Å². The lowest BCUT2D eigenvalue weighted by Gasteiger charge is -2.20. The lowest BCUT2D eigenvalue weighted by atomic mass is 9.84. The largest absolute Gasteiger partial charge is 0.510 e. The smallest absolute Gasteiger partial charge is 0.321 e. The molecule has 344 valence electrons. The third-order valence-corrected chi connectivity index (χ3v) is 14.3. The van der Waals surface area contributed by atoms with Gasteiger partial charge in [-0.05, 0) is 118 Å². The molecule has 0 aromatic rings. The van der Waals surface area contributed by atoms with Gasteiger partial charge in [0.1, 0.15) is 18.3 Å². The number of hydrogen-bond acceptors (Lipinski definition) is 9. The highest BCUT2D eigenvalue weighted by atomic mass is 16.5. The van der Waals surface area contributed by atoms with Crippen LogP contribution in [0.5, 0.6) is 0 Å². The average Bonchev–Trinajstić information content (AvgIpc) is 3.99. The number of nitrogens with one attached hydrogen (secondary N) is 1. The summed E-state index contributed by atoms with van der Waals surface area (Å²) in [5, 5.41) is 15.6. The SMILES string of the molecule is C=CC1=C(C)C2=NC1=CC1=NC(=CC3=C(C)C4=C(O)C(C(=O)OC)C(=C5NC(=C2)C(C)C5CCC(=O)OCC=C(C)CCCC(C)CCCC(C)CCCC(C)C)C4=N3)C(CC)=C1C. The van der Waals surface area contributed by atoms with Gasteiger partial charge in [0.15, 0.2) is 0 Å². The molecule has 0 saturated carbocycles. The second kappa shape index (κ2) is 21.3. The van der Waals surface area contributed by atoms with E-state index >= 15 is 0 Å². The van der Waals surface area contributed by atoms with E-state index in [4.69, 9.17) is 24.5 Å². The highest BCUT2D eigenvalue weighted by Crippen LogP contribution is 2.49. The molecule has 5 aliphatic heterocycles. The number of carbonyl (C=O) groups excluding carboxylic acids is 2. The number of fused-ring (bicyclic) bond motifs is 5. The first-order valence-electron chi connectivity index (χ1n) is 24.1. The third kappa shape index (κ3) is 10.6. The number of aliphatic imine (C=N–C) groups is 3. The Kier molecular flexibility index (Phi) is 16.1. The Balaban J connectivity index is 1.20. The molecule has 5 unspecified atom stereocenters. The van der Waals surface area contributed by atoms with E-state index < -0.39 is 11.9 Å². The minimum Gasteiger partial charge on any atom is -0.510 e. The van der Waals surface area contributed by atoms with Crippen molar-refractivity contribution >= 4 is 29.1 Å². The zero-order valence-electron chi connectivity index (χ0n) is 40.7. The number of esters is 2. The lowest BCUT2D eigenvalue weighted by Crippen LogP contribution is -2.25. The lowest BCUT2D eigenvalue weighted by molar-refractivity contribution is -0.144. The van der Waals surface area contributed by atoms with Gasteiger partial charge in [0, 0.05) is 46.4 Å². The zero-order valence-corrected chi connectivity index (χ0v) is 40.7. The van der Waals surface area contributed by atoms with Gasteiger partial charge in [-0.25, -0.2) is 15.0 Å². The van der Waals surface area contributed by atoms with E-state index in [-0.39, 0.29) is 36.6 Å². The van der Waals surface area contributed by atoms with Crippen LogP contribution in [-0.4, -0.2) is 47.9 Å². The van der Waals surface area contributed by atoms with Crippen molar-refractivity contribution in [1.82, 2.24) is 5.32 Å². The predicted molar refractivity (Wildman–Crippen MR) is 262 cm³/mol. The van der Waals surface area contributed by atoms with Crippen LogP contribution >= 0.6 is 0 Å². The number of hydrogen-bond donors (Lipinski definition) is 2. The Morgan fingerprint density at radius 2 is 1.53 bits per heavy atom. The van der Waals surface area contributed by atoms with E-state index in [2.05, 4.69) is 73.4 Å². The molecule has 9 heteroatoms. The fourth-order valence-electron chi connectivity index (χ4n) is 10.2. The molecule has 9 nitrogen and oxygen atoms in total. The number of aliphatic hydroxyl groups excluding tert-OH is 1. The molecule has 6 rings (SSSR count). The minimum absolute atomic E-state index is 0.0838. The van der Waals surface area contributed by atoms with Crippen LogP contribution in [0, 0.1) is 35.5 Å². The van der Waals surface area contributed by atoms with Crippen molar-refractivity contribution in [3.8, 4) is 0 Å². The molecule has 8 bridgehead atoms. The Hall–Kier alpha value is -5.05. The van der Waals surface area contributed by atoms with Crippen molar-refractivity contribution in [2.45, 2.75) is 146 Å². The molecule has 64 heavy (non-hydrogen) atoms. The highest BCUT2D eigenvalue weighted by molar-refractivity contribution is 6.24. The van der Waals surface area contributed by atoms with Crippen LogP contribution in [0.25, 0.3) is 0 Å². The maximum atomic E-state index is 13.6. The van der Waals surface area contributed by atoms with Crippen molar-refractivity contribution in [3.05, 3.63) is 116 Å². The molecule has 1 saturated heterocycles. The Morgan fingerprint density at radius 1 is 0.875 bits per heavy atom. The van der Waals surface area contributed by atoms with Gasteiger partial charge in [0.2, 0.25) is 0 Å². The molecule has 1 aliphatic carbocycles. The second-order valence-corrected chi connectivity index (χ2v) is 19.5. The Bertz CT molecular complexity index is 2300. The topological polar surface area (TPSA) is 122 Å². The molecular weight excluding hydrogens is 797 g/mol. The minimum atomic E-state index is -1.08. The summed E-state index contributed by atoms with van der Waals surface area (Å²) < 4.78 is 11.1. The van der Waals surface area contributed by atoms with E-state index in [0.717, 1.165) is 99.1 Å². The van der Waals surface area contributed by atoms with Gasteiger partial charge < -0.3 is 19.9 Å². The van der Waals surface area contributed by atoms with Crippen LogP contribution in [-0.2, 0) is 19.1 Å². The maximum Gasteiger partial charge on any atom is 0.321 e. The van der Waals surface area contributed by atoms with Gasteiger partial charge in [-0.3, -0.25) is 9.59 Å². The molecule has 0 aromatic carbocycles. The van der Waals surface area contributed by atoms with Crippen LogP contribution in [0.3, 0.4) is 0 Å². The fraction of sp³-hybridized carbons (Fsp3) is 0.545. The zero-order chi connectivity index (χ0) is 46.4. The quantitative estimate of drug-likeness (QED) is 0.0928. The van der Waals surface area contributed by atoms with E-state index in [0.29, 0.717) is 29.0 Å². The molecule has 6 aliphatic rings. The van der Waals surface area contributed by atoms with E-state index in [1.807, 2.05) is 38.2 Å². The first-order valence-corrected chi connectivity index (χ1v) is 24.1. The molecule has 0 aromatic heterocycles. The highest BCUT2D eigenvalue weighted by Gasteiger charge is 2.49. The monoisotopic (exact) mass is 871 g/mol. The maximum absolute atomic E-state index is 13.6. The molecule has 5 atom stereocenters. The summed E-state index contributed by atoms with van der Waals surface area (Å²) in [5.41, 5.74) is 13.3. The number of nitrogens with zero attached hydrogens (tertiary/aromatic N) is 3. The van der Waals surface area contributed by atoms with Crippen LogP contribution in [0.4, 0.5) is 0 Å². The van der Waals surface area contributed by atoms with Crippen molar-refractivity contribution in [3.63, 3.8) is 0 Å². The van der Waals surface area contributed by atoms with Crippen molar-refractivity contribution in [1.29, 1.82) is 0 Å². The molecule has 0 radical (unpaired) electrons. The van der Waals surface area contributed by atoms with E-state index in [9.17, 15) is 14.7 Å². The molecule has 2 N–H and O–H groups in total. The van der Waals surface area contributed by atoms with Crippen LogP contribution in [0.15, 0.2) is 131 Å². The summed E-state index contributed by atoms with van der Waals surface area (Å²) in [6.45, 7) is 26.2. The summed E-state index contributed by atoms with van der Waals surface area (Å²) in [6, 6.07) is 0. The standard InChI is InChI=1S/C55H74N4O5/c1-13-39-35(8)42-28-44-37(10)41(24-25-48(60)64-27-26-34(7)23-17-22-33(6)21-16-20-32(5)19-15-18-31(3)4)52(58-44)50-51(55(62)63-12)54(61)49-38(11)45(59-53(49)50)30-47-40(14-2)36(9)43(57-47)29-46(39)56-42/h13,26,28-33,37,41,51,58,61H,1,14-25,27H2,2-12H3. The Morgan fingerprint density at radius 3 is 2.19 bits per heavy atom. The molecular formula is C55H74N4O5. The van der Waals surface area contributed by atoms with Gasteiger partial charge in [-0.15, -0.1) is 0 Å². The first kappa shape index (κ1) is 48.4. The number of allylic oxidation sites excluding steroid dienone is 12. The fourth-order valence-corrected chi connectivity index (χ4v) is 10.2. The van der Waals surface area contributed by atoms with Crippen LogP contribution in [0.2, 0.25) is 0 Å². The van der Waals surface area contributed by atoms with Gasteiger partial charge in [0.05, 0.1) is 41.3 Å². The number of carbonyl (C=O) groups is 2. The number of aliphatic hydroxyl groups is 1. The summed E-state index contributed by atoms with van der Waals surface area (Å²) >= 11 is 0. The van der Waals surface area contributed by atoms with E-state index in [1.54, 1.807) is 0 Å². The van der Waals surface area contributed by atoms with Gasteiger partial charge >= 0.3 is 11.9 Å². The molecule has 5 heterocycles. The third-order valence-electron chi connectivity index (χ3n) is 14.3. The molecule has 1 fully saturated rings. The second-order valence-electron chi connectivity index (χ2n) is 19.5. The van der Waals surface area contributed by atoms with Crippen molar-refractivity contribution in [2.24, 2.45) is 50.5 Å². The predicted octanol–water partition coefficient (Wildman–Crippen LogP) is 13.0.